The van der Waals surface area contributed by atoms with E-state index in [1.54, 1.807) is 23.1 Å². The van der Waals surface area contributed by atoms with E-state index in [0.29, 0.717) is 30.8 Å². The van der Waals surface area contributed by atoms with Gasteiger partial charge in [-0.3, -0.25) is 0 Å². The molecule has 2 aromatic heterocycles. The van der Waals surface area contributed by atoms with Crippen molar-refractivity contribution >= 4 is 29.9 Å². The Balaban J connectivity index is 0.00000306. The van der Waals surface area contributed by atoms with Gasteiger partial charge in [-0.05, 0) is 74.1 Å². The first-order chi connectivity index (χ1) is 15.6. The van der Waals surface area contributed by atoms with Crippen molar-refractivity contribution < 1.29 is 9.13 Å². The van der Waals surface area contributed by atoms with Crippen molar-refractivity contribution in [1.29, 1.82) is 0 Å². The fourth-order valence-corrected chi connectivity index (χ4v) is 3.26. The van der Waals surface area contributed by atoms with E-state index in [0.717, 1.165) is 23.5 Å². The Morgan fingerprint density at radius 3 is 2.82 bits per heavy atom. The summed E-state index contributed by atoms with van der Waals surface area (Å²) in [7, 11) is 0. The number of guanidine groups is 1. The third-order valence-corrected chi connectivity index (χ3v) is 5.29. The van der Waals surface area contributed by atoms with E-state index >= 15 is 0 Å². The lowest BCUT2D eigenvalue weighted by Crippen LogP contribution is -2.38. The molecule has 7 nitrogen and oxygen atoms in total. The van der Waals surface area contributed by atoms with Crippen molar-refractivity contribution in [2.24, 2.45) is 10.9 Å². The van der Waals surface area contributed by atoms with E-state index < -0.39 is 0 Å². The quantitative estimate of drug-likeness (QED) is 0.225. The minimum absolute atomic E-state index is 0. The van der Waals surface area contributed by atoms with E-state index in [1.807, 2.05) is 44.3 Å². The maximum atomic E-state index is 14.5. The number of rotatable bonds is 9. The van der Waals surface area contributed by atoms with Gasteiger partial charge < -0.3 is 15.4 Å². The summed E-state index contributed by atoms with van der Waals surface area (Å²) in [5, 5.41) is 10.8. The van der Waals surface area contributed by atoms with Crippen LogP contribution in [0.15, 0.2) is 60.0 Å². The molecule has 0 aliphatic heterocycles. The summed E-state index contributed by atoms with van der Waals surface area (Å²) in [6.45, 7) is 5.78. The molecule has 0 spiro atoms. The molecular weight excluding hydrogens is 534 g/mol. The smallest absolute Gasteiger partial charge is 0.192 e. The van der Waals surface area contributed by atoms with Gasteiger partial charge in [0.2, 0.25) is 0 Å². The molecule has 4 rings (SSSR count). The van der Waals surface area contributed by atoms with Crippen LogP contribution in [0.2, 0.25) is 0 Å². The summed E-state index contributed by atoms with van der Waals surface area (Å²) in [4.78, 5) is 9.04. The monoisotopic (exact) mass is 564 g/mol. The largest absolute Gasteiger partial charge is 0.490 e. The van der Waals surface area contributed by atoms with Crippen LogP contribution in [-0.2, 0) is 6.54 Å². The second kappa shape index (κ2) is 12.0. The van der Waals surface area contributed by atoms with Crippen molar-refractivity contribution in [3.05, 3.63) is 71.9 Å². The molecule has 0 radical (unpaired) electrons. The first kappa shape index (κ1) is 24.9. The van der Waals surface area contributed by atoms with Crippen LogP contribution in [0.3, 0.4) is 0 Å². The Bertz CT molecular complexity index is 1050. The molecule has 1 unspecified atom stereocenters. The van der Waals surface area contributed by atoms with Crippen LogP contribution >= 0.6 is 24.0 Å². The number of aliphatic imine (C=N–C) groups is 1. The van der Waals surface area contributed by atoms with Gasteiger partial charge in [0, 0.05) is 25.1 Å². The summed E-state index contributed by atoms with van der Waals surface area (Å²) in [5.41, 5.74) is 1.84. The van der Waals surface area contributed by atoms with Crippen molar-refractivity contribution in [3.8, 4) is 11.6 Å². The van der Waals surface area contributed by atoms with Crippen molar-refractivity contribution in [2.75, 3.05) is 13.2 Å². The Morgan fingerprint density at radius 1 is 1.27 bits per heavy atom. The van der Waals surface area contributed by atoms with Gasteiger partial charge in [0.15, 0.2) is 23.3 Å². The molecule has 9 heteroatoms. The highest BCUT2D eigenvalue weighted by molar-refractivity contribution is 14.0. The summed E-state index contributed by atoms with van der Waals surface area (Å²) in [5.74, 6) is 1.98. The molecule has 33 heavy (non-hydrogen) atoms. The molecular formula is C24H30FIN6O. The molecule has 1 atom stereocenters. The number of aromatic nitrogens is 3. The summed E-state index contributed by atoms with van der Waals surface area (Å²) >= 11 is 0. The molecule has 1 fully saturated rings. The van der Waals surface area contributed by atoms with Crippen molar-refractivity contribution in [2.45, 2.75) is 39.3 Å². The average molecular weight is 564 g/mol. The lowest BCUT2D eigenvalue weighted by Gasteiger charge is -2.19. The van der Waals surface area contributed by atoms with Crippen LogP contribution in [0.4, 0.5) is 4.39 Å². The average Bonchev–Trinajstić information content (AvgIpc) is 3.47. The van der Waals surface area contributed by atoms with Gasteiger partial charge in [-0.25, -0.2) is 19.0 Å². The highest BCUT2D eigenvalue weighted by Crippen LogP contribution is 2.30. The second-order valence-electron chi connectivity index (χ2n) is 7.98. The van der Waals surface area contributed by atoms with Gasteiger partial charge in [-0.15, -0.1) is 24.0 Å². The molecule has 0 amide bonds. The summed E-state index contributed by atoms with van der Waals surface area (Å²) < 4.78 is 21.8. The lowest BCUT2D eigenvalue weighted by atomic mass is 10.1. The van der Waals surface area contributed by atoms with Gasteiger partial charge in [0.05, 0.1) is 19.2 Å². The van der Waals surface area contributed by atoms with Gasteiger partial charge in [0.1, 0.15) is 0 Å². The number of nitrogens with one attached hydrogen (secondary N) is 2. The zero-order valence-corrected chi connectivity index (χ0v) is 21.2. The van der Waals surface area contributed by atoms with E-state index in [9.17, 15) is 4.39 Å². The Labute approximate surface area is 210 Å². The van der Waals surface area contributed by atoms with Gasteiger partial charge in [-0.1, -0.05) is 6.07 Å². The number of hydrogen-bond acceptors (Lipinski definition) is 4. The first-order valence-electron chi connectivity index (χ1n) is 11.0. The van der Waals surface area contributed by atoms with Crippen LogP contribution in [0.1, 0.15) is 43.9 Å². The third kappa shape index (κ3) is 7.15. The molecule has 1 aliphatic carbocycles. The van der Waals surface area contributed by atoms with Gasteiger partial charge >= 0.3 is 0 Å². The molecule has 2 heterocycles. The SMILES string of the molecule is CCNC(=NCc1ccnc(-n2cccn2)c1)NC(C)c1ccc(OCC2CC2)c(F)c1.I. The maximum Gasteiger partial charge on any atom is 0.192 e. The van der Waals surface area contributed by atoms with Crippen molar-refractivity contribution in [3.63, 3.8) is 0 Å². The fourth-order valence-electron chi connectivity index (χ4n) is 3.26. The maximum absolute atomic E-state index is 14.5. The van der Waals surface area contributed by atoms with E-state index in [1.165, 1.54) is 18.9 Å². The van der Waals surface area contributed by atoms with E-state index in [-0.39, 0.29) is 35.8 Å². The Hall–Kier alpha value is -2.69. The predicted molar refractivity (Wildman–Crippen MR) is 138 cm³/mol. The lowest BCUT2D eigenvalue weighted by molar-refractivity contribution is 0.285. The third-order valence-electron chi connectivity index (χ3n) is 5.29. The zero-order chi connectivity index (χ0) is 22.3. The fraction of sp³-hybridized carbons (Fsp3) is 0.375. The summed E-state index contributed by atoms with van der Waals surface area (Å²) in [6.07, 6.45) is 7.68. The molecule has 176 valence electrons. The van der Waals surface area contributed by atoms with E-state index in [4.69, 9.17) is 4.74 Å². The standard InChI is InChI=1S/C24H29FN6O.HI/c1-3-26-24(28-15-19-9-11-27-23(13-19)31-12-4-10-29-31)30-17(2)20-7-8-22(21(25)14-20)32-16-18-5-6-18;/h4,7-14,17-18H,3,5-6,15-16H2,1-2H3,(H2,26,28,30);1H. The number of ether oxygens (including phenoxy) is 1. The number of pyridine rings is 1. The highest BCUT2D eigenvalue weighted by atomic mass is 127. The number of benzene rings is 1. The molecule has 2 N–H and O–H groups in total. The van der Waals surface area contributed by atoms with Crippen LogP contribution in [0.5, 0.6) is 5.75 Å². The van der Waals surface area contributed by atoms with Crippen molar-refractivity contribution in [1.82, 2.24) is 25.4 Å². The summed E-state index contributed by atoms with van der Waals surface area (Å²) in [6, 6.07) is 10.8. The van der Waals surface area contributed by atoms with Crippen LogP contribution in [0.25, 0.3) is 5.82 Å². The number of nitrogens with zero attached hydrogens (tertiary/aromatic N) is 4. The minimum atomic E-state index is -0.332. The molecule has 1 aliphatic rings. The Morgan fingerprint density at radius 2 is 2.12 bits per heavy atom. The normalized spacial score (nSPS) is 14.3. The predicted octanol–water partition coefficient (Wildman–Crippen LogP) is 4.63. The molecule has 0 bridgehead atoms. The molecule has 3 aromatic rings. The van der Waals surface area contributed by atoms with Crippen LogP contribution in [0, 0.1) is 11.7 Å². The number of halogens is 2. The van der Waals surface area contributed by atoms with Gasteiger partial charge in [0.25, 0.3) is 0 Å². The molecule has 0 saturated heterocycles. The zero-order valence-electron chi connectivity index (χ0n) is 18.9. The van der Waals surface area contributed by atoms with Crippen LogP contribution < -0.4 is 15.4 Å². The highest BCUT2D eigenvalue weighted by Gasteiger charge is 2.22. The van der Waals surface area contributed by atoms with Gasteiger partial charge in [-0.2, -0.15) is 5.10 Å². The molecule has 1 aromatic carbocycles. The first-order valence-corrected chi connectivity index (χ1v) is 11.0. The minimum Gasteiger partial charge on any atom is -0.490 e. The topological polar surface area (TPSA) is 76.4 Å². The van der Waals surface area contributed by atoms with Crippen LogP contribution in [-0.4, -0.2) is 33.9 Å². The number of hydrogen-bond donors (Lipinski definition) is 2. The second-order valence-corrected chi connectivity index (χ2v) is 7.98. The molecule has 1 saturated carbocycles. The van der Waals surface area contributed by atoms with E-state index in [2.05, 4.69) is 25.7 Å². The Kier molecular flexibility index (Phi) is 9.04.